The van der Waals surface area contributed by atoms with E-state index < -0.39 is 0 Å². The fourth-order valence-electron chi connectivity index (χ4n) is 2.05. The molecular formula is C17H27N3O. The van der Waals surface area contributed by atoms with Gasteiger partial charge >= 0.3 is 0 Å². The van der Waals surface area contributed by atoms with Crippen molar-refractivity contribution in [1.29, 1.82) is 0 Å². The van der Waals surface area contributed by atoms with E-state index in [4.69, 9.17) is 5.73 Å². The van der Waals surface area contributed by atoms with Crippen LogP contribution in [0.5, 0.6) is 0 Å². The molecular weight excluding hydrogens is 262 g/mol. The second-order valence-electron chi connectivity index (χ2n) is 5.03. The van der Waals surface area contributed by atoms with Gasteiger partial charge in [-0.1, -0.05) is 26.0 Å². The summed E-state index contributed by atoms with van der Waals surface area (Å²) in [5.74, 6) is -0.0466. The van der Waals surface area contributed by atoms with Crippen LogP contribution in [0, 0.1) is 0 Å². The molecule has 0 aliphatic heterocycles. The second-order valence-corrected chi connectivity index (χ2v) is 5.03. The summed E-state index contributed by atoms with van der Waals surface area (Å²) in [5, 5.41) is 2.91. The number of carbonyl (C=O) groups excluding carboxylic acids is 1. The van der Waals surface area contributed by atoms with Gasteiger partial charge in [0, 0.05) is 18.3 Å². The molecule has 1 amide bonds. The Morgan fingerprint density at radius 2 is 1.86 bits per heavy atom. The van der Waals surface area contributed by atoms with Gasteiger partial charge < -0.3 is 16.0 Å². The Kier molecular flexibility index (Phi) is 8.21. The Morgan fingerprint density at radius 3 is 2.48 bits per heavy atom. The zero-order valence-corrected chi connectivity index (χ0v) is 13.1. The lowest BCUT2D eigenvalue weighted by molar-refractivity contribution is -0.116. The van der Waals surface area contributed by atoms with E-state index in [0.29, 0.717) is 0 Å². The molecule has 0 spiro atoms. The van der Waals surface area contributed by atoms with E-state index in [1.807, 2.05) is 24.3 Å². The molecule has 4 nitrogen and oxygen atoms in total. The van der Waals surface area contributed by atoms with Crippen molar-refractivity contribution in [3.05, 3.63) is 35.9 Å². The first kappa shape index (κ1) is 17.2. The molecule has 0 atom stereocenters. The van der Waals surface area contributed by atoms with Crippen LogP contribution in [-0.4, -0.2) is 37.0 Å². The molecule has 0 fully saturated rings. The van der Waals surface area contributed by atoms with Crippen LogP contribution < -0.4 is 11.1 Å². The Labute approximate surface area is 128 Å². The van der Waals surface area contributed by atoms with Gasteiger partial charge in [0.15, 0.2) is 0 Å². The van der Waals surface area contributed by atoms with Gasteiger partial charge in [0.2, 0.25) is 5.91 Å². The Bertz CT molecular complexity index is 436. The highest BCUT2D eigenvalue weighted by Crippen LogP contribution is 2.06. The number of anilines is 1. The summed E-state index contributed by atoms with van der Waals surface area (Å²) >= 11 is 0. The maximum atomic E-state index is 11.7. The van der Waals surface area contributed by atoms with Crippen molar-refractivity contribution in [2.45, 2.75) is 26.7 Å². The van der Waals surface area contributed by atoms with Gasteiger partial charge in [-0.05, 0) is 56.2 Å². The average molecular weight is 289 g/mol. The number of unbranched alkanes of at least 4 members (excludes halogenated alkanes) is 1. The Hall–Kier alpha value is -1.81. The number of benzene rings is 1. The van der Waals surface area contributed by atoms with Crippen LogP contribution in [0.4, 0.5) is 5.69 Å². The van der Waals surface area contributed by atoms with Crippen molar-refractivity contribution in [2.24, 2.45) is 0 Å². The van der Waals surface area contributed by atoms with E-state index in [2.05, 4.69) is 24.1 Å². The fourth-order valence-corrected chi connectivity index (χ4v) is 2.05. The summed E-state index contributed by atoms with van der Waals surface area (Å²) in [4.78, 5) is 14.1. The lowest BCUT2D eigenvalue weighted by Crippen LogP contribution is -2.26. The molecule has 0 bridgehead atoms. The number of amides is 1. The summed E-state index contributed by atoms with van der Waals surface area (Å²) in [6.45, 7) is 8.36. The van der Waals surface area contributed by atoms with Gasteiger partial charge in [0.1, 0.15) is 0 Å². The summed E-state index contributed by atoms with van der Waals surface area (Å²) in [5.41, 5.74) is 7.31. The van der Waals surface area contributed by atoms with Crippen LogP contribution in [0.3, 0.4) is 0 Å². The van der Waals surface area contributed by atoms with Crippen molar-refractivity contribution in [1.82, 2.24) is 10.2 Å². The molecule has 0 unspecified atom stereocenters. The van der Waals surface area contributed by atoms with Crippen molar-refractivity contribution >= 4 is 17.7 Å². The van der Waals surface area contributed by atoms with E-state index in [0.717, 1.165) is 50.3 Å². The van der Waals surface area contributed by atoms with Gasteiger partial charge in [-0.2, -0.15) is 0 Å². The number of nitrogens with zero attached hydrogens (tertiary/aromatic N) is 1. The largest absolute Gasteiger partial charge is 0.399 e. The molecule has 1 aromatic rings. The molecule has 116 valence electrons. The molecule has 1 rings (SSSR count). The van der Waals surface area contributed by atoms with Crippen LogP contribution in [0.2, 0.25) is 0 Å². The molecule has 0 aliphatic rings. The summed E-state index contributed by atoms with van der Waals surface area (Å²) in [7, 11) is 0. The highest BCUT2D eigenvalue weighted by molar-refractivity contribution is 5.91. The number of nitrogens with one attached hydrogen (secondary N) is 1. The van der Waals surface area contributed by atoms with E-state index in [9.17, 15) is 4.79 Å². The molecule has 0 heterocycles. The number of hydrogen-bond donors (Lipinski definition) is 2. The number of rotatable bonds is 9. The second kappa shape index (κ2) is 10.00. The molecule has 0 radical (unpaired) electrons. The Balaban J connectivity index is 2.18. The van der Waals surface area contributed by atoms with Gasteiger partial charge in [0.05, 0.1) is 0 Å². The molecule has 21 heavy (non-hydrogen) atoms. The molecule has 0 saturated heterocycles. The van der Waals surface area contributed by atoms with Gasteiger partial charge in [0.25, 0.3) is 0 Å². The van der Waals surface area contributed by atoms with Crippen LogP contribution >= 0.6 is 0 Å². The predicted molar refractivity (Wildman–Crippen MR) is 89.9 cm³/mol. The van der Waals surface area contributed by atoms with E-state index in [1.54, 1.807) is 12.2 Å². The maximum Gasteiger partial charge on any atom is 0.243 e. The quantitative estimate of drug-likeness (QED) is 0.417. The fraction of sp³-hybridized carbons (Fsp3) is 0.471. The number of nitrogen functional groups attached to an aromatic ring is 1. The van der Waals surface area contributed by atoms with E-state index in [1.165, 1.54) is 0 Å². The van der Waals surface area contributed by atoms with Crippen LogP contribution in [-0.2, 0) is 4.79 Å². The normalized spacial score (nSPS) is 11.2. The third kappa shape index (κ3) is 7.51. The topological polar surface area (TPSA) is 58.4 Å². The standard InChI is InChI=1S/C17H27N3O/c1-3-20(4-2)14-6-5-13-19-17(21)12-9-15-7-10-16(18)11-8-15/h7-12H,3-6,13-14,18H2,1-2H3,(H,19,21)/b12-9+. The monoisotopic (exact) mass is 289 g/mol. The van der Waals surface area contributed by atoms with Crippen molar-refractivity contribution < 1.29 is 4.79 Å². The van der Waals surface area contributed by atoms with Gasteiger partial charge in [-0.25, -0.2) is 0 Å². The summed E-state index contributed by atoms with van der Waals surface area (Å²) in [6, 6.07) is 7.43. The molecule has 0 aliphatic carbocycles. The van der Waals surface area contributed by atoms with E-state index >= 15 is 0 Å². The molecule has 3 N–H and O–H groups in total. The minimum Gasteiger partial charge on any atom is -0.399 e. The lowest BCUT2D eigenvalue weighted by Gasteiger charge is -2.17. The average Bonchev–Trinajstić information content (AvgIpc) is 2.50. The number of carbonyl (C=O) groups is 1. The SMILES string of the molecule is CCN(CC)CCCCNC(=O)/C=C/c1ccc(N)cc1. The molecule has 4 heteroatoms. The minimum absolute atomic E-state index is 0.0466. The first-order valence-corrected chi connectivity index (χ1v) is 7.69. The van der Waals surface area contributed by atoms with Crippen LogP contribution in [0.15, 0.2) is 30.3 Å². The smallest absolute Gasteiger partial charge is 0.243 e. The first-order chi connectivity index (χ1) is 10.2. The third-order valence-electron chi connectivity index (χ3n) is 3.46. The highest BCUT2D eigenvalue weighted by atomic mass is 16.1. The lowest BCUT2D eigenvalue weighted by atomic mass is 10.2. The Morgan fingerprint density at radius 1 is 1.19 bits per heavy atom. The maximum absolute atomic E-state index is 11.7. The van der Waals surface area contributed by atoms with Crippen LogP contribution in [0.25, 0.3) is 6.08 Å². The highest BCUT2D eigenvalue weighted by Gasteiger charge is 1.99. The predicted octanol–water partition coefficient (Wildman–Crippen LogP) is 2.52. The molecule has 0 saturated carbocycles. The number of nitrogens with two attached hydrogens (primary N) is 1. The van der Waals surface area contributed by atoms with Crippen LogP contribution in [0.1, 0.15) is 32.3 Å². The van der Waals surface area contributed by atoms with Crippen molar-refractivity contribution in [3.63, 3.8) is 0 Å². The minimum atomic E-state index is -0.0466. The first-order valence-electron chi connectivity index (χ1n) is 7.69. The van der Waals surface area contributed by atoms with Crippen molar-refractivity contribution in [3.8, 4) is 0 Å². The van der Waals surface area contributed by atoms with E-state index in [-0.39, 0.29) is 5.91 Å². The molecule has 0 aromatic heterocycles. The summed E-state index contributed by atoms with van der Waals surface area (Å²) in [6.07, 6.45) is 5.49. The molecule has 1 aromatic carbocycles. The zero-order valence-electron chi connectivity index (χ0n) is 13.1. The van der Waals surface area contributed by atoms with Gasteiger partial charge in [-0.15, -0.1) is 0 Å². The van der Waals surface area contributed by atoms with Gasteiger partial charge in [-0.3, -0.25) is 4.79 Å². The number of hydrogen-bond acceptors (Lipinski definition) is 3. The summed E-state index contributed by atoms with van der Waals surface area (Å²) < 4.78 is 0. The van der Waals surface area contributed by atoms with Crippen molar-refractivity contribution in [2.75, 3.05) is 31.9 Å². The zero-order chi connectivity index (χ0) is 15.5. The third-order valence-corrected chi connectivity index (χ3v) is 3.46.